The summed E-state index contributed by atoms with van der Waals surface area (Å²) >= 11 is 0. The van der Waals surface area contributed by atoms with Gasteiger partial charge in [-0.05, 0) is 23.8 Å². The predicted molar refractivity (Wildman–Crippen MR) is 69.9 cm³/mol. The van der Waals surface area contributed by atoms with Gasteiger partial charge in [0.05, 0.1) is 0 Å². The van der Waals surface area contributed by atoms with Crippen LogP contribution in [-0.2, 0) is 0 Å². The van der Waals surface area contributed by atoms with E-state index >= 15 is 0 Å². The molecule has 0 amide bonds. The van der Waals surface area contributed by atoms with Crippen molar-refractivity contribution in [3.63, 3.8) is 0 Å². The number of benzene rings is 2. The van der Waals surface area contributed by atoms with Crippen molar-refractivity contribution in [3.8, 4) is 22.6 Å². The van der Waals surface area contributed by atoms with Gasteiger partial charge < -0.3 is 14.5 Å². The molecule has 0 saturated heterocycles. The highest BCUT2D eigenvalue weighted by molar-refractivity contribution is 5.95. The average Bonchev–Trinajstić information content (AvgIpc) is 3.04. The Balaban J connectivity index is 1.92. The number of H-pyrrole nitrogens is 1. The minimum absolute atomic E-state index is 0.312. The van der Waals surface area contributed by atoms with Crippen LogP contribution in [0.5, 0.6) is 11.5 Å². The predicted octanol–water partition coefficient (Wildman–Crippen LogP) is 3.56. The molecule has 1 aromatic heterocycles. The van der Waals surface area contributed by atoms with Crippen molar-refractivity contribution in [2.45, 2.75) is 0 Å². The van der Waals surface area contributed by atoms with Gasteiger partial charge in [-0.1, -0.05) is 24.3 Å². The molecule has 4 rings (SSSR count). The van der Waals surface area contributed by atoms with Crippen molar-refractivity contribution in [3.05, 3.63) is 48.7 Å². The van der Waals surface area contributed by atoms with E-state index in [1.165, 1.54) is 10.9 Å². The number of hydrogen-bond acceptors (Lipinski definition) is 2. The number of para-hydroxylation sites is 1. The van der Waals surface area contributed by atoms with E-state index in [9.17, 15) is 0 Å². The van der Waals surface area contributed by atoms with Gasteiger partial charge in [-0.3, -0.25) is 0 Å². The van der Waals surface area contributed by atoms with Crippen LogP contribution in [0.15, 0.2) is 48.7 Å². The van der Waals surface area contributed by atoms with Crippen molar-refractivity contribution in [1.82, 2.24) is 4.98 Å². The summed E-state index contributed by atoms with van der Waals surface area (Å²) in [6.07, 6.45) is 2.03. The first kappa shape index (κ1) is 9.59. The largest absolute Gasteiger partial charge is 0.454 e. The van der Waals surface area contributed by atoms with Crippen molar-refractivity contribution in [2.24, 2.45) is 0 Å². The molecule has 3 nitrogen and oxygen atoms in total. The second kappa shape index (κ2) is 3.53. The maximum atomic E-state index is 5.42. The van der Waals surface area contributed by atoms with Crippen LogP contribution in [0.1, 0.15) is 0 Å². The van der Waals surface area contributed by atoms with Crippen LogP contribution in [-0.4, -0.2) is 11.8 Å². The molecule has 0 bridgehead atoms. The van der Waals surface area contributed by atoms with Gasteiger partial charge >= 0.3 is 0 Å². The van der Waals surface area contributed by atoms with E-state index in [1.54, 1.807) is 0 Å². The van der Waals surface area contributed by atoms with Gasteiger partial charge in [-0.25, -0.2) is 0 Å². The van der Waals surface area contributed by atoms with Gasteiger partial charge in [-0.2, -0.15) is 0 Å². The third-order valence-electron chi connectivity index (χ3n) is 3.27. The molecule has 2 heterocycles. The Kier molecular flexibility index (Phi) is 1.88. The van der Waals surface area contributed by atoms with Crippen molar-refractivity contribution in [1.29, 1.82) is 0 Å². The summed E-state index contributed by atoms with van der Waals surface area (Å²) in [5, 5.41) is 1.22. The SMILES string of the molecule is c1ccc2c(-c3ccc4c(c3)OCO4)c[nH]c2c1. The van der Waals surface area contributed by atoms with Gasteiger partial charge in [-0.15, -0.1) is 0 Å². The monoisotopic (exact) mass is 237 g/mol. The molecular weight excluding hydrogens is 226 g/mol. The quantitative estimate of drug-likeness (QED) is 0.702. The Hall–Kier alpha value is -2.42. The molecule has 0 radical (unpaired) electrons. The van der Waals surface area contributed by atoms with Crippen LogP contribution in [0.2, 0.25) is 0 Å². The fourth-order valence-corrected chi connectivity index (χ4v) is 2.37. The number of nitrogens with one attached hydrogen (secondary N) is 1. The highest BCUT2D eigenvalue weighted by atomic mass is 16.7. The Labute approximate surface area is 104 Å². The molecular formula is C15H11NO2. The van der Waals surface area contributed by atoms with Crippen LogP contribution in [0, 0.1) is 0 Å². The molecule has 0 atom stereocenters. The molecule has 3 aromatic rings. The van der Waals surface area contributed by atoms with E-state index in [2.05, 4.69) is 23.2 Å². The van der Waals surface area contributed by atoms with E-state index in [4.69, 9.17) is 9.47 Å². The summed E-state index contributed by atoms with van der Waals surface area (Å²) in [5.74, 6) is 1.64. The van der Waals surface area contributed by atoms with Crippen LogP contribution >= 0.6 is 0 Å². The number of fused-ring (bicyclic) bond motifs is 2. The second-order valence-electron chi connectivity index (χ2n) is 4.32. The van der Waals surface area contributed by atoms with E-state index < -0.39 is 0 Å². The summed E-state index contributed by atoms with van der Waals surface area (Å²) in [4.78, 5) is 3.28. The maximum Gasteiger partial charge on any atom is 0.231 e. The van der Waals surface area contributed by atoms with E-state index in [0.717, 1.165) is 22.6 Å². The average molecular weight is 237 g/mol. The molecule has 1 N–H and O–H groups in total. The molecule has 88 valence electrons. The van der Waals surface area contributed by atoms with Crippen molar-refractivity contribution in [2.75, 3.05) is 6.79 Å². The molecule has 1 aliphatic heterocycles. The van der Waals surface area contributed by atoms with E-state index in [-0.39, 0.29) is 0 Å². The zero-order chi connectivity index (χ0) is 11.9. The highest BCUT2D eigenvalue weighted by Gasteiger charge is 2.15. The minimum Gasteiger partial charge on any atom is -0.454 e. The molecule has 0 aliphatic carbocycles. The minimum atomic E-state index is 0.312. The Morgan fingerprint density at radius 2 is 1.83 bits per heavy atom. The Morgan fingerprint density at radius 3 is 2.83 bits per heavy atom. The maximum absolute atomic E-state index is 5.42. The molecule has 18 heavy (non-hydrogen) atoms. The number of ether oxygens (including phenoxy) is 2. The first-order valence-corrected chi connectivity index (χ1v) is 5.88. The Morgan fingerprint density at radius 1 is 0.944 bits per heavy atom. The molecule has 1 aliphatic rings. The summed E-state index contributed by atoms with van der Waals surface area (Å²) < 4.78 is 10.7. The fraction of sp³-hybridized carbons (Fsp3) is 0.0667. The normalized spacial score (nSPS) is 13.1. The van der Waals surface area contributed by atoms with Gasteiger partial charge in [0.2, 0.25) is 6.79 Å². The lowest BCUT2D eigenvalue weighted by Gasteiger charge is -2.01. The van der Waals surface area contributed by atoms with Gasteiger partial charge in [0.25, 0.3) is 0 Å². The molecule has 0 unspecified atom stereocenters. The summed E-state index contributed by atoms with van der Waals surface area (Å²) in [5.41, 5.74) is 3.46. The number of hydrogen-bond donors (Lipinski definition) is 1. The topological polar surface area (TPSA) is 34.2 Å². The molecule has 2 aromatic carbocycles. The lowest BCUT2D eigenvalue weighted by atomic mass is 10.0. The van der Waals surface area contributed by atoms with Crippen LogP contribution in [0.25, 0.3) is 22.0 Å². The highest BCUT2D eigenvalue weighted by Crippen LogP contribution is 2.37. The number of aromatic amines is 1. The zero-order valence-electron chi connectivity index (χ0n) is 9.64. The van der Waals surface area contributed by atoms with Gasteiger partial charge in [0, 0.05) is 22.7 Å². The lowest BCUT2D eigenvalue weighted by Crippen LogP contribution is -1.92. The van der Waals surface area contributed by atoms with Crippen molar-refractivity contribution >= 4 is 10.9 Å². The number of rotatable bonds is 1. The third-order valence-corrected chi connectivity index (χ3v) is 3.27. The molecule has 0 spiro atoms. The van der Waals surface area contributed by atoms with Crippen molar-refractivity contribution < 1.29 is 9.47 Å². The van der Waals surface area contributed by atoms with Crippen LogP contribution in [0.3, 0.4) is 0 Å². The van der Waals surface area contributed by atoms with E-state index in [0.29, 0.717) is 6.79 Å². The molecule has 0 saturated carbocycles. The summed E-state index contributed by atoms with van der Waals surface area (Å²) in [6, 6.07) is 14.3. The fourth-order valence-electron chi connectivity index (χ4n) is 2.37. The smallest absolute Gasteiger partial charge is 0.231 e. The first-order chi connectivity index (χ1) is 8.92. The lowest BCUT2D eigenvalue weighted by molar-refractivity contribution is 0.174. The van der Waals surface area contributed by atoms with Crippen LogP contribution < -0.4 is 9.47 Å². The first-order valence-electron chi connectivity index (χ1n) is 5.88. The van der Waals surface area contributed by atoms with E-state index in [1.807, 2.05) is 30.5 Å². The standard InChI is InChI=1S/C15H11NO2/c1-2-4-13-11(3-1)12(8-16-13)10-5-6-14-15(7-10)18-9-17-14/h1-8,16H,9H2. The zero-order valence-corrected chi connectivity index (χ0v) is 9.64. The molecule has 3 heteroatoms. The summed E-state index contributed by atoms with van der Waals surface area (Å²) in [6.45, 7) is 0.312. The van der Waals surface area contributed by atoms with Gasteiger partial charge in [0.15, 0.2) is 11.5 Å². The Bertz CT molecular complexity index is 730. The second-order valence-corrected chi connectivity index (χ2v) is 4.32. The summed E-state index contributed by atoms with van der Waals surface area (Å²) in [7, 11) is 0. The number of aromatic nitrogens is 1. The molecule has 0 fully saturated rings. The van der Waals surface area contributed by atoms with Gasteiger partial charge in [0.1, 0.15) is 0 Å². The third kappa shape index (κ3) is 1.31. The van der Waals surface area contributed by atoms with Crippen LogP contribution in [0.4, 0.5) is 0 Å².